The average Bonchev–Trinajstić information content (AvgIpc) is 2.42. The van der Waals surface area contributed by atoms with E-state index in [0.29, 0.717) is 13.0 Å². The Balaban J connectivity index is 2.37. The molecular formula is C13H20N2O2S. The van der Waals surface area contributed by atoms with Gasteiger partial charge in [0, 0.05) is 6.54 Å². The highest BCUT2D eigenvalue weighted by Gasteiger charge is 2.11. The second-order valence-corrected chi connectivity index (χ2v) is 5.07. The van der Waals surface area contributed by atoms with Gasteiger partial charge in [-0.25, -0.2) is 0 Å². The van der Waals surface area contributed by atoms with Crippen molar-refractivity contribution in [3.05, 3.63) is 35.4 Å². The fourth-order valence-corrected chi connectivity index (χ4v) is 1.95. The largest absolute Gasteiger partial charge is 0.392 e. The summed E-state index contributed by atoms with van der Waals surface area (Å²) in [5.41, 5.74) is 7.62. The van der Waals surface area contributed by atoms with E-state index in [4.69, 9.17) is 10.8 Å². The van der Waals surface area contributed by atoms with Crippen LogP contribution >= 0.6 is 11.8 Å². The first-order valence-corrected chi connectivity index (χ1v) is 7.27. The molecule has 1 rings (SSSR count). The summed E-state index contributed by atoms with van der Waals surface area (Å²) in [6.07, 6.45) is 2.68. The predicted molar refractivity (Wildman–Crippen MR) is 75.2 cm³/mol. The Morgan fingerprint density at radius 1 is 1.39 bits per heavy atom. The number of carbonyl (C=O) groups excluding carboxylic acids is 1. The molecule has 0 heterocycles. The molecule has 0 spiro atoms. The number of nitrogens with two attached hydrogens (primary N) is 1. The highest BCUT2D eigenvalue weighted by molar-refractivity contribution is 7.98. The average molecular weight is 268 g/mol. The van der Waals surface area contributed by atoms with E-state index in [-0.39, 0.29) is 12.5 Å². The maximum atomic E-state index is 11.7. The number of carbonyl (C=O) groups is 1. The fraction of sp³-hybridized carbons (Fsp3) is 0.462. The molecule has 0 aliphatic rings. The Bertz CT molecular complexity index is 368. The Kier molecular flexibility index (Phi) is 6.78. The highest BCUT2D eigenvalue weighted by Crippen LogP contribution is 2.04. The number of nitrogens with one attached hydrogen (secondary N) is 1. The molecule has 0 saturated heterocycles. The quantitative estimate of drug-likeness (QED) is 0.686. The third kappa shape index (κ3) is 5.08. The van der Waals surface area contributed by atoms with E-state index in [1.165, 1.54) is 0 Å². The van der Waals surface area contributed by atoms with Gasteiger partial charge < -0.3 is 16.2 Å². The lowest BCUT2D eigenvalue weighted by molar-refractivity contribution is -0.122. The van der Waals surface area contributed by atoms with E-state index >= 15 is 0 Å². The van der Waals surface area contributed by atoms with Gasteiger partial charge in [-0.05, 0) is 29.6 Å². The molecular weight excluding hydrogens is 248 g/mol. The topological polar surface area (TPSA) is 75.4 Å². The monoisotopic (exact) mass is 268 g/mol. The minimum atomic E-state index is -0.436. The highest BCUT2D eigenvalue weighted by atomic mass is 32.2. The summed E-state index contributed by atoms with van der Waals surface area (Å²) in [7, 11) is 0. The van der Waals surface area contributed by atoms with Gasteiger partial charge in [0.2, 0.25) is 5.91 Å². The zero-order valence-electron chi connectivity index (χ0n) is 10.6. The normalized spacial score (nSPS) is 12.2. The van der Waals surface area contributed by atoms with Gasteiger partial charge >= 0.3 is 0 Å². The van der Waals surface area contributed by atoms with Gasteiger partial charge in [0.15, 0.2) is 0 Å². The van der Waals surface area contributed by atoms with E-state index in [0.717, 1.165) is 16.9 Å². The number of rotatable bonds is 7. The van der Waals surface area contributed by atoms with Crippen molar-refractivity contribution in [2.24, 2.45) is 5.73 Å². The molecule has 0 fully saturated rings. The molecule has 0 aliphatic heterocycles. The van der Waals surface area contributed by atoms with E-state index in [9.17, 15) is 4.79 Å². The van der Waals surface area contributed by atoms with Crippen molar-refractivity contribution < 1.29 is 9.90 Å². The van der Waals surface area contributed by atoms with Crippen LogP contribution in [0.5, 0.6) is 0 Å². The van der Waals surface area contributed by atoms with Crippen LogP contribution in [0, 0.1) is 0 Å². The number of hydrogen-bond acceptors (Lipinski definition) is 4. The maximum Gasteiger partial charge on any atom is 0.237 e. The molecule has 5 heteroatoms. The Labute approximate surface area is 112 Å². The number of benzene rings is 1. The summed E-state index contributed by atoms with van der Waals surface area (Å²) >= 11 is 1.68. The third-order valence-corrected chi connectivity index (χ3v) is 3.29. The summed E-state index contributed by atoms with van der Waals surface area (Å²) < 4.78 is 0. The molecule has 1 atom stereocenters. The van der Waals surface area contributed by atoms with Crippen molar-refractivity contribution in [1.29, 1.82) is 0 Å². The van der Waals surface area contributed by atoms with Crippen LogP contribution in [0.1, 0.15) is 17.5 Å². The van der Waals surface area contributed by atoms with E-state index in [1.54, 1.807) is 11.8 Å². The third-order valence-electron chi connectivity index (χ3n) is 2.64. The molecule has 0 aliphatic carbocycles. The standard InChI is InChI=1S/C13H20N2O2S/c1-18-7-6-12(14)13(17)15-8-10-2-4-11(9-16)5-3-10/h2-5,12,16H,6-9,14H2,1H3,(H,15,17)/t12-/m1/s1. The van der Waals surface area contributed by atoms with Crippen LogP contribution in [0.25, 0.3) is 0 Å². The molecule has 0 aromatic heterocycles. The summed E-state index contributed by atoms with van der Waals surface area (Å²) in [4.78, 5) is 11.7. The summed E-state index contributed by atoms with van der Waals surface area (Å²) in [6.45, 7) is 0.504. The van der Waals surface area contributed by atoms with Gasteiger partial charge in [-0.1, -0.05) is 24.3 Å². The van der Waals surface area contributed by atoms with Crippen molar-refractivity contribution >= 4 is 17.7 Å². The molecule has 18 heavy (non-hydrogen) atoms. The number of amides is 1. The van der Waals surface area contributed by atoms with Crippen LogP contribution in [0.15, 0.2) is 24.3 Å². The van der Waals surface area contributed by atoms with Crippen molar-refractivity contribution in [2.45, 2.75) is 25.6 Å². The van der Waals surface area contributed by atoms with Crippen LogP contribution in [0.4, 0.5) is 0 Å². The molecule has 0 radical (unpaired) electrons. The van der Waals surface area contributed by atoms with Crippen LogP contribution < -0.4 is 11.1 Å². The van der Waals surface area contributed by atoms with Crippen LogP contribution in [-0.2, 0) is 17.9 Å². The zero-order valence-corrected chi connectivity index (χ0v) is 11.4. The number of aliphatic hydroxyl groups excluding tert-OH is 1. The SMILES string of the molecule is CSCC[C@@H](N)C(=O)NCc1ccc(CO)cc1. The van der Waals surface area contributed by atoms with Gasteiger partial charge in [0.25, 0.3) is 0 Å². The zero-order chi connectivity index (χ0) is 13.4. The fourth-order valence-electron chi connectivity index (χ4n) is 1.46. The summed E-state index contributed by atoms with van der Waals surface area (Å²) in [5.74, 6) is 0.773. The first-order valence-electron chi connectivity index (χ1n) is 5.88. The number of thioether (sulfide) groups is 1. The van der Waals surface area contributed by atoms with Gasteiger partial charge in [0.05, 0.1) is 12.6 Å². The minimum absolute atomic E-state index is 0.0339. The molecule has 1 amide bonds. The summed E-state index contributed by atoms with van der Waals surface area (Å²) in [5, 5.41) is 11.7. The molecule has 100 valence electrons. The molecule has 0 unspecified atom stereocenters. The number of aliphatic hydroxyl groups is 1. The number of hydrogen-bond donors (Lipinski definition) is 3. The first kappa shape index (κ1) is 15.0. The lowest BCUT2D eigenvalue weighted by atomic mass is 10.1. The Morgan fingerprint density at radius 3 is 2.56 bits per heavy atom. The molecule has 4 N–H and O–H groups in total. The molecule has 0 bridgehead atoms. The maximum absolute atomic E-state index is 11.7. The lowest BCUT2D eigenvalue weighted by Crippen LogP contribution is -2.40. The van der Waals surface area contributed by atoms with Crippen molar-refractivity contribution in [3.63, 3.8) is 0 Å². The van der Waals surface area contributed by atoms with Crippen molar-refractivity contribution in [3.8, 4) is 0 Å². The summed E-state index contributed by atoms with van der Waals surface area (Å²) in [6, 6.07) is 7.03. The van der Waals surface area contributed by atoms with Gasteiger partial charge in [0.1, 0.15) is 0 Å². The van der Waals surface area contributed by atoms with Crippen LogP contribution in [0.2, 0.25) is 0 Å². The second-order valence-electron chi connectivity index (χ2n) is 4.08. The van der Waals surface area contributed by atoms with Gasteiger partial charge in [-0.2, -0.15) is 11.8 Å². The van der Waals surface area contributed by atoms with Crippen molar-refractivity contribution in [2.75, 3.05) is 12.0 Å². The Morgan fingerprint density at radius 2 is 2.00 bits per heavy atom. The molecule has 4 nitrogen and oxygen atoms in total. The van der Waals surface area contributed by atoms with Crippen molar-refractivity contribution in [1.82, 2.24) is 5.32 Å². The predicted octanol–water partition coefficient (Wildman–Crippen LogP) is 0.875. The minimum Gasteiger partial charge on any atom is -0.392 e. The van der Waals surface area contributed by atoms with Crippen LogP contribution in [0.3, 0.4) is 0 Å². The first-order chi connectivity index (χ1) is 8.67. The van der Waals surface area contributed by atoms with Gasteiger partial charge in [-0.15, -0.1) is 0 Å². The van der Waals surface area contributed by atoms with Crippen LogP contribution in [-0.4, -0.2) is 29.1 Å². The molecule has 1 aromatic carbocycles. The molecule has 1 aromatic rings. The second kappa shape index (κ2) is 8.13. The smallest absolute Gasteiger partial charge is 0.237 e. The molecule has 0 saturated carbocycles. The van der Waals surface area contributed by atoms with E-state index < -0.39 is 6.04 Å². The van der Waals surface area contributed by atoms with Gasteiger partial charge in [-0.3, -0.25) is 4.79 Å². The van der Waals surface area contributed by atoms with E-state index in [1.807, 2.05) is 30.5 Å². The van der Waals surface area contributed by atoms with E-state index in [2.05, 4.69) is 5.32 Å². The Hall–Kier alpha value is -1.04. The lowest BCUT2D eigenvalue weighted by Gasteiger charge is -2.11.